The Morgan fingerprint density at radius 1 is 1.03 bits per heavy atom. The second-order valence-electron chi connectivity index (χ2n) is 7.21. The average Bonchev–Trinajstić information content (AvgIpc) is 3.25. The van der Waals surface area contributed by atoms with E-state index < -0.39 is 0 Å². The van der Waals surface area contributed by atoms with Crippen LogP contribution in [0.2, 0.25) is 0 Å². The number of hydrogen-bond donors (Lipinski definition) is 0. The van der Waals surface area contributed by atoms with Crippen molar-refractivity contribution in [3.63, 3.8) is 0 Å². The van der Waals surface area contributed by atoms with Crippen LogP contribution in [0.4, 0.5) is 0 Å². The zero-order chi connectivity index (χ0) is 20.1. The van der Waals surface area contributed by atoms with E-state index in [9.17, 15) is 4.79 Å². The number of benzene rings is 2. The lowest BCUT2D eigenvalue weighted by molar-refractivity contribution is -0.134. The molecule has 4 rings (SSSR count). The van der Waals surface area contributed by atoms with Gasteiger partial charge in [0.05, 0.1) is 6.04 Å². The van der Waals surface area contributed by atoms with Gasteiger partial charge >= 0.3 is 0 Å². The maximum atomic E-state index is 12.7. The molecule has 0 radical (unpaired) electrons. The number of amides is 1. The third kappa shape index (κ3) is 4.74. The summed E-state index contributed by atoms with van der Waals surface area (Å²) in [5.41, 5.74) is 2.27. The quantitative estimate of drug-likeness (QED) is 0.601. The first-order valence-electron chi connectivity index (χ1n) is 9.86. The Balaban J connectivity index is 1.32. The van der Waals surface area contributed by atoms with Crippen LogP contribution in [-0.2, 0) is 4.79 Å². The number of pyridine rings is 1. The van der Waals surface area contributed by atoms with Crippen LogP contribution in [0.25, 0.3) is 0 Å². The van der Waals surface area contributed by atoms with Gasteiger partial charge in [0.15, 0.2) is 6.61 Å². The zero-order valence-electron chi connectivity index (χ0n) is 16.5. The van der Waals surface area contributed by atoms with Crippen LogP contribution >= 0.6 is 0 Å². The average molecular weight is 388 g/mol. The van der Waals surface area contributed by atoms with Gasteiger partial charge in [-0.25, -0.2) is 0 Å². The van der Waals surface area contributed by atoms with E-state index in [1.54, 1.807) is 6.20 Å². The van der Waals surface area contributed by atoms with E-state index in [-0.39, 0.29) is 18.6 Å². The molecule has 2 aromatic carbocycles. The summed E-state index contributed by atoms with van der Waals surface area (Å²) < 4.78 is 11.5. The first kappa shape index (κ1) is 19.0. The van der Waals surface area contributed by atoms with E-state index in [0.29, 0.717) is 5.75 Å². The molecule has 0 saturated carbocycles. The van der Waals surface area contributed by atoms with Crippen molar-refractivity contribution >= 4 is 5.91 Å². The minimum atomic E-state index is -0.00339. The Bertz CT molecular complexity index is 940. The largest absolute Gasteiger partial charge is 0.484 e. The van der Waals surface area contributed by atoms with Gasteiger partial charge < -0.3 is 14.4 Å². The first-order chi connectivity index (χ1) is 14.2. The second kappa shape index (κ2) is 8.78. The number of rotatable bonds is 6. The molecule has 1 saturated heterocycles. The Labute approximate surface area is 170 Å². The number of likely N-dealkylation sites (tertiary alicyclic amines) is 1. The fourth-order valence-electron chi connectivity index (χ4n) is 3.56. The van der Waals surface area contributed by atoms with Crippen molar-refractivity contribution in [3.05, 3.63) is 84.2 Å². The molecule has 0 spiro atoms. The number of nitrogens with zero attached hydrogens (tertiary/aromatic N) is 2. The van der Waals surface area contributed by atoms with Gasteiger partial charge in [-0.15, -0.1) is 0 Å². The number of carbonyl (C=O) groups is 1. The number of aryl methyl sites for hydroxylation is 1. The van der Waals surface area contributed by atoms with Crippen LogP contribution in [0.1, 0.15) is 30.0 Å². The van der Waals surface area contributed by atoms with Crippen LogP contribution in [0.3, 0.4) is 0 Å². The molecule has 0 aliphatic carbocycles. The monoisotopic (exact) mass is 388 g/mol. The molecule has 0 unspecified atom stereocenters. The number of ether oxygens (including phenoxy) is 2. The number of carbonyl (C=O) groups excluding carboxylic acids is 1. The lowest BCUT2D eigenvalue weighted by Crippen LogP contribution is -2.34. The van der Waals surface area contributed by atoms with Gasteiger partial charge in [0, 0.05) is 18.9 Å². The number of hydrogen-bond acceptors (Lipinski definition) is 4. The van der Waals surface area contributed by atoms with Crippen molar-refractivity contribution in [2.24, 2.45) is 0 Å². The maximum absolute atomic E-state index is 12.7. The van der Waals surface area contributed by atoms with Crippen LogP contribution < -0.4 is 9.47 Å². The van der Waals surface area contributed by atoms with E-state index in [1.807, 2.05) is 78.7 Å². The molecular formula is C24H24N2O3. The van der Waals surface area contributed by atoms with Crippen LogP contribution in [0.15, 0.2) is 73.1 Å². The molecule has 1 atom stereocenters. The lowest BCUT2D eigenvalue weighted by Gasteiger charge is -2.24. The molecule has 5 nitrogen and oxygen atoms in total. The molecule has 29 heavy (non-hydrogen) atoms. The molecule has 0 N–H and O–H groups in total. The summed E-state index contributed by atoms with van der Waals surface area (Å²) in [5.74, 6) is 2.15. The molecule has 0 bridgehead atoms. The van der Waals surface area contributed by atoms with Crippen LogP contribution in [-0.4, -0.2) is 28.9 Å². The number of aromatic nitrogens is 1. The highest BCUT2D eigenvalue weighted by atomic mass is 16.5. The molecular weight excluding hydrogens is 364 g/mol. The molecule has 1 aromatic heterocycles. The second-order valence-corrected chi connectivity index (χ2v) is 7.21. The third-order valence-corrected chi connectivity index (χ3v) is 5.09. The Morgan fingerprint density at radius 3 is 2.41 bits per heavy atom. The standard InChI is InChI=1S/C24H24N2O3/c1-18-6-8-21(9-7-18)29-22-12-10-20(11-13-22)28-17-24(27)26-15-3-5-23(26)19-4-2-14-25-16-19/h2,4,6-14,16,23H,3,5,15,17H2,1H3/t23-/m1/s1. The Kier molecular flexibility index (Phi) is 5.75. The highest BCUT2D eigenvalue weighted by Crippen LogP contribution is 2.31. The topological polar surface area (TPSA) is 51.7 Å². The summed E-state index contributed by atoms with van der Waals surface area (Å²) in [5, 5.41) is 0. The maximum Gasteiger partial charge on any atom is 0.261 e. The van der Waals surface area contributed by atoms with Gasteiger partial charge in [0.1, 0.15) is 17.2 Å². The molecule has 1 aliphatic rings. The molecule has 1 amide bonds. The van der Waals surface area contributed by atoms with Gasteiger partial charge in [0.25, 0.3) is 5.91 Å². The third-order valence-electron chi connectivity index (χ3n) is 5.09. The van der Waals surface area contributed by atoms with E-state index in [0.717, 1.165) is 36.4 Å². The van der Waals surface area contributed by atoms with E-state index in [2.05, 4.69) is 4.98 Å². The minimum absolute atomic E-state index is 0.00339. The van der Waals surface area contributed by atoms with Gasteiger partial charge in [-0.05, 0) is 67.8 Å². The summed E-state index contributed by atoms with van der Waals surface area (Å²) in [6.45, 7) is 2.82. The molecule has 148 valence electrons. The summed E-state index contributed by atoms with van der Waals surface area (Å²) in [7, 11) is 0. The van der Waals surface area contributed by atoms with Gasteiger partial charge in [-0.1, -0.05) is 23.8 Å². The van der Waals surface area contributed by atoms with Crippen molar-refractivity contribution in [2.45, 2.75) is 25.8 Å². The smallest absolute Gasteiger partial charge is 0.261 e. The minimum Gasteiger partial charge on any atom is -0.484 e. The predicted octanol–water partition coefficient (Wildman–Crippen LogP) is 4.92. The van der Waals surface area contributed by atoms with Gasteiger partial charge in [-0.2, -0.15) is 0 Å². The Hall–Kier alpha value is -3.34. The van der Waals surface area contributed by atoms with Crippen molar-refractivity contribution < 1.29 is 14.3 Å². The summed E-state index contributed by atoms with van der Waals surface area (Å²) in [6.07, 6.45) is 5.54. The fraction of sp³-hybridized carbons (Fsp3) is 0.250. The summed E-state index contributed by atoms with van der Waals surface area (Å²) in [4.78, 5) is 18.8. The molecule has 1 aliphatic heterocycles. The molecule has 3 aromatic rings. The fourth-order valence-corrected chi connectivity index (χ4v) is 3.56. The van der Waals surface area contributed by atoms with Crippen molar-refractivity contribution in [3.8, 4) is 17.2 Å². The predicted molar refractivity (Wildman–Crippen MR) is 111 cm³/mol. The highest BCUT2D eigenvalue weighted by Gasteiger charge is 2.30. The highest BCUT2D eigenvalue weighted by molar-refractivity contribution is 5.78. The van der Waals surface area contributed by atoms with Crippen LogP contribution in [0.5, 0.6) is 17.2 Å². The summed E-state index contributed by atoms with van der Waals surface area (Å²) >= 11 is 0. The normalized spacial score (nSPS) is 15.9. The van der Waals surface area contributed by atoms with Crippen molar-refractivity contribution in [1.82, 2.24) is 9.88 Å². The zero-order valence-corrected chi connectivity index (χ0v) is 16.5. The lowest BCUT2D eigenvalue weighted by atomic mass is 10.1. The molecule has 1 fully saturated rings. The van der Waals surface area contributed by atoms with Gasteiger partial charge in [-0.3, -0.25) is 9.78 Å². The van der Waals surface area contributed by atoms with Gasteiger partial charge in [0.2, 0.25) is 0 Å². The van der Waals surface area contributed by atoms with Crippen molar-refractivity contribution in [2.75, 3.05) is 13.2 Å². The van der Waals surface area contributed by atoms with E-state index >= 15 is 0 Å². The van der Waals surface area contributed by atoms with Crippen molar-refractivity contribution in [1.29, 1.82) is 0 Å². The molecule has 2 heterocycles. The molecule has 5 heteroatoms. The Morgan fingerprint density at radius 2 is 1.72 bits per heavy atom. The van der Waals surface area contributed by atoms with E-state index in [1.165, 1.54) is 5.56 Å². The van der Waals surface area contributed by atoms with E-state index in [4.69, 9.17) is 9.47 Å². The van der Waals surface area contributed by atoms with Crippen LogP contribution in [0, 0.1) is 6.92 Å². The SMILES string of the molecule is Cc1ccc(Oc2ccc(OCC(=O)N3CCC[C@@H]3c3cccnc3)cc2)cc1. The summed E-state index contributed by atoms with van der Waals surface area (Å²) in [6, 6.07) is 19.2. The first-order valence-corrected chi connectivity index (χ1v) is 9.86.